The number of nitrogens with one attached hydrogen (secondary N) is 1. The van der Waals surface area contributed by atoms with Crippen LogP contribution in [-0.2, 0) is 6.54 Å². The molecular formula is C24H33N7O. The van der Waals surface area contributed by atoms with Gasteiger partial charge in [-0.25, -0.2) is 9.67 Å². The number of rotatable bonds is 7. The summed E-state index contributed by atoms with van der Waals surface area (Å²) in [6.07, 6.45) is 9.98. The number of aliphatic hydroxyl groups excluding tert-OH is 1. The van der Waals surface area contributed by atoms with Crippen molar-refractivity contribution in [2.75, 3.05) is 44.6 Å². The third-order valence-corrected chi connectivity index (χ3v) is 6.75. The second-order valence-electron chi connectivity index (χ2n) is 9.02. The molecule has 3 aromatic rings. The molecule has 1 saturated heterocycles. The van der Waals surface area contributed by atoms with Crippen LogP contribution in [0.1, 0.15) is 43.7 Å². The van der Waals surface area contributed by atoms with E-state index in [1.807, 2.05) is 12.4 Å². The topological polar surface area (TPSA) is 82.3 Å². The summed E-state index contributed by atoms with van der Waals surface area (Å²) in [4.78, 5) is 14.1. The van der Waals surface area contributed by atoms with Crippen molar-refractivity contribution in [3.63, 3.8) is 0 Å². The predicted molar refractivity (Wildman–Crippen MR) is 126 cm³/mol. The van der Waals surface area contributed by atoms with E-state index >= 15 is 0 Å². The molecule has 2 aromatic heterocycles. The van der Waals surface area contributed by atoms with Gasteiger partial charge >= 0.3 is 0 Å². The number of anilines is 2. The number of fused-ring (bicyclic) bond motifs is 1. The van der Waals surface area contributed by atoms with E-state index in [0.717, 1.165) is 56.0 Å². The molecule has 0 spiro atoms. The molecule has 1 aliphatic carbocycles. The minimum atomic E-state index is 0.244. The molecule has 8 heteroatoms. The fraction of sp³-hybridized carbons (Fsp3) is 0.542. The molecule has 0 atom stereocenters. The number of piperazine rings is 1. The van der Waals surface area contributed by atoms with Crippen molar-refractivity contribution in [3.8, 4) is 0 Å². The Bertz CT molecular complexity index is 1000. The predicted octanol–water partition coefficient (Wildman–Crippen LogP) is 3.19. The SMILES string of the molecule is OCCN1CCN(Cc2ccc(Nc3ncc4cnn(C5CCCCC5)c4n3)cc2)CC1. The Labute approximate surface area is 189 Å². The molecule has 3 heterocycles. The lowest BCUT2D eigenvalue weighted by atomic mass is 9.96. The summed E-state index contributed by atoms with van der Waals surface area (Å²) in [5.74, 6) is 0.614. The van der Waals surface area contributed by atoms with Gasteiger partial charge in [0.25, 0.3) is 0 Å². The van der Waals surface area contributed by atoms with E-state index in [9.17, 15) is 0 Å². The second kappa shape index (κ2) is 9.94. The Hall–Kier alpha value is -2.55. The number of hydrogen-bond acceptors (Lipinski definition) is 7. The number of aromatic nitrogens is 4. The van der Waals surface area contributed by atoms with Gasteiger partial charge in [-0.15, -0.1) is 0 Å². The van der Waals surface area contributed by atoms with E-state index in [-0.39, 0.29) is 6.61 Å². The van der Waals surface area contributed by atoms with Gasteiger partial charge in [-0.1, -0.05) is 31.4 Å². The molecule has 2 aliphatic rings. The molecule has 2 N–H and O–H groups in total. The van der Waals surface area contributed by atoms with Crippen molar-refractivity contribution >= 4 is 22.7 Å². The number of benzene rings is 1. The molecule has 0 radical (unpaired) electrons. The van der Waals surface area contributed by atoms with Crippen molar-refractivity contribution in [3.05, 3.63) is 42.2 Å². The van der Waals surface area contributed by atoms with Gasteiger partial charge in [-0.05, 0) is 30.5 Å². The third kappa shape index (κ3) is 4.92. The average molecular weight is 436 g/mol. The molecule has 1 aromatic carbocycles. The molecule has 5 rings (SSSR count). The van der Waals surface area contributed by atoms with Gasteiger partial charge in [-0.2, -0.15) is 10.1 Å². The van der Waals surface area contributed by atoms with Crippen LogP contribution in [0.3, 0.4) is 0 Å². The molecule has 0 unspecified atom stereocenters. The van der Waals surface area contributed by atoms with Gasteiger partial charge in [-0.3, -0.25) is 9.80 Å². The Morgan fingerprint density at radius 1 is 0.938 bits per heavy atom. The molecule has 8 nitrogen and oxygen atoms in total. The standard InChI is InChI=1S/C24H33N7O/c32-15-14-29-10-12-30(13-11-29)18-19-6-8-21(9-7-19)27-24-25-16-20-17-26-31(23(20)28-24)22-4-2-1-3-5-22/h6-9,16-17,22,32H,1-5,10-15,18H2,(H,25,27,28). The minimum absolute atomic E-state index is 0.244. The maximum atomic E-state index is 9.09. The zero-order valence-electron chi connectivity index (χ0n) is 18.7. The highest BCUT2D eigenvalue weighted by molar-refractivity contribution is 5.75. The first-order valence-electron chi connectivity index (χ1n) is 11.9. The normalized spacial score (nSPS) is 18.9. The molecule has 32 heavy (non-hydrogen) atoms. The van der Waals surface area contributed by atoms with Gasteiger partial charge in [0, 0.05) is 51.2 Å². The Kier molecular flexibility index (Phi) is 6.61. The van der Waals surface area contributed by atoms with Crippen molar-refractivity contribution in [2.45, 2.75) is 44.7 Å². The minimum Gasteiger partial charge on any atom is -0.395 e. The molecule has 2 fully saturated rings. The molecule has 0 amide bonds. The van der Waals surface area contributed by atoms with Gasteiger partial charge in [0.2, 0.25) is 5.95 Å². The number of aliphatic hydroxyl groups is 1. The van der Waals surface area contributed by atoms with Crippen LogP contribution in [-0.4, -0.2) is 74.0 Å². The maximum absolute atomic E-state index is 9.09. The summed E-state index contributed by atoms with van der Waals surface area (Å²) in [6.45, 7) is 6.12. The van der Waals surface area contributed by atoms with E-state index in [0.29, 0.717) is 12.0 Å². The van der Waals surface area contributed by atoms with Crippen molar-refractivity contribution < 1.29 is 5.11 Å². The van der Waals surface area contributed by atoms with Crippen LogP contribution in [0.5, 0.6) is 0 Å². The van der Waals surface area contributed by atoms with E-state index in [1.54, 1.807) is 0 Å². The van der Waals surface area contributed by atoms with Crippen molar-refractivity contribution in [1.29, 1.82) is 0 Å². The fourth-order valence-electron chi connectivity index (χ4n) is 4.88. The number of hydrogen-bond donors (Lipinski definition) is 2. The quantitative estimate of drug-likeness (QED) is 0.590. The smallest absolute Gasteiger partial charge is 0.229 e. The molecule has 170 valence electrons. The average Bonchev–Trinajstić information content (AvgIpc) is 3.26. The lowest BCUT2D eigenvalue weighted by molar-refractivity contribution is 0.108. The summed E-state index contributed by atoms with van der Waals surface area (Å²) in [7, 11) is 0. The monoisotopic (exact) mass is 435 g/mol. The first-order valence-corrected chi connectivity index (χ1v) is 11.9. The number of β-amino-alcohol motifs (C(OH)–C–C–N with tert-alkyl or cyclic N) is 1. The highest BCUT2D eigenvalue weighted by atomic mass is 16.3. The van der Waals surface area contributed by atoms with E-state index in [4.69, 9.17) is 10.1 Å². The van der Waals surface area contributed by atoms with Crippen LogP contribution in [0.2, 0.25) is 0 Å². The van der Waals surface area contributed by atoms with Crippen LogP contribution in [0.4, 0.5) is 11.6 Å². The Morgan fingerprint density at radius 3 is 2.44 bits per heavy atom. The summed E-state index contributed by atoms with van der Waals surface area (Å²) in [6, 6.07) is 9.00. The van der Waals surface area contributed by atoms with E-state index in [2.05, 4.69) is 54.1 Å². The van der Waals surface area contributed by atoms with Crippen LogP contribution in [0, 0.1) is 0 Å². The Morgan fingerprint density at radius 2 is 1.69 bits per heavy atom. The first-order chi connectivity index (χ1) is 15.8. The zero-order chi connectivity index (χ0) is 21.8. The second-order valence-corrected chi connectivity index (χ2v) is 9.02. The van der Waals surface area contributed by atoms with Gasteiger partial charge in [0.15, 0.2) is 5.65 Å². The molecule has 1 saturated carbocycles. The maximum Gasteiger partial charge on any atom is 0.229 e. The van der Waals surface area contributed by atoms with Gasteiger partial charge in [0.05, 0.1) is 24.2 Å². The van der Waals surface area contributed by atoms with Gasteiger partial charge in [0.1, 0.15) is 0 Å². The lowest BCUT2D eigenvalue weighted by Crippen LogP contribution is -2.46. The van der Waals surface area contributed by atoms with Crippen LogP contribution >= 0.6 is 0 Å². The Balaban J connectivity index is 1.21. The van der Waals surface area contributed by atoms with Crippen molar-refractivity contribution in [1.82, 2.24) is 29.5 Å². The highest BCUT2D eigenvalue weighted by Crippen LogP contribution is 2.30. The summed E-state index contributed by atoms with van der Waals surface area (Å²) >= 11 is 0. The molecular weight excluding hydrogens is 402 g/mol. The summed E-state index contributed by atoms with van der Waals surface area (Å²) in [5, 5.41) is 18.1. The van der Waals surface area contributed by atoms with Crippen LogP contribution in [0.15, 0.2) is 36.7 Å². The first kappa shape index (κ1) is 21.3. The lowest BCUT2D eigenvalue weighted by Gasteiger charge is -2.34. The fourth-order valence-corrected chi connectivity index (χ4v) is 4.88. The van der Waals surface area contributed by atoms with E-state index in [1.165, 1.54) is 37.7 Å². The zero-order valence-corrected chi connectivity index (χ0v) is 18.7. The van der Waals surface area contributed by atoms with Crippen molar-refractivity contribution in [2.24, 2.45) is 0 Å². The highest BCUT2D eigenvalue weighted by Gasteiger charge is 2.19. The summed E-state index contributed by atoms with van der Waals surface area (Å²) < 4.78 is 2.10. The van der Waals surface area contributed by atoms with Crippen LogP contribution in [0.25, 0.3) is 11.0 Å². The largest absolute Gasteiger partial charge is 0.395 e. The third-order valence-electron chi connectivity index (χ3n) is 6.75. The number of nitrogens with zero attached hydrogens (tertiary/aromatic N) is 6. The van der Waals surface area contributed by atoms with Crippen LogP contribution < -0.4 is 5.32 Å². The molecule has 1 aliphatic heterocycles. The van der Waals surface area contributed by atoms with E-state index < -0.39 is 0 Å². The van der Waals surface area contributed by atoms with Gasteiger partial charge < -0.3 is 10.4 Å². The molecule has 0 bridgehead atoms. The summed E-state index contributed by atoms with van der Waals surface area (Å²) in [5.41, 5.74) is 3.22.